The van der Waals surface area contributed by atoms with Crippen molar-refractivity contribution in [1.82, 2.24) is 9.78 Å². The van der Waals surface area contributed by atoms with E-state index in [1.54, 1.807) is 0 Å². The molecule has 0 bridgehead atoms. The molecule has 17 heavy (non-hydrogen) atoms. The molecule has 0 saturated carbocycles. The largest absolute Gasteiger partial charge is 0.493 e. The van der Waals surface area contributed by atoms with Gasteiger partial charge in [-0.15, -0.1) is 0 Å². The van der Waals surface area contributed by atoms with Crippen molar-refractivity contribution in [3.8, 4) is 17.0 Å². The highest BCUT2D eigenvalue weighted by Gasteiger charge is 2.17. The first-order chi connectivity index (χ1) is 8.15. The number of aromatic hydroxyl groups is 1. The van der Waals surface area contributed by atoms with E-state index in [9.17, 15) is 9.90 Å². The summed E-state index contributed by atoms with van der Waals surface area (Å²) in [5.41, 5.74) is 0.813. The second-order valence-electron chi connectivity index (χ2n) is 4.13. The topological polar surface area (TPSA) is 58.0 Å². The SMILES string of the molecule is CCC(C)n1[nH]c(=O)c(-c2ccccc2)c1O. The Balaban J connectivity index is 2.57. The average molecular weight is 232 g/mol. The quantitative estimate of drug-likeness (QED) is 0.854. The summed E-state index contributed by atoms with van der Waals surface area (Å²) in [6.45, 7) is 3.95. The predicted molar refractivity (Wildman–Crippen MR) is 67.2 cm³/mol. The summed E-state index contributed by atoms with van der Waals surface area (Å²) in [6.07, 6.45) is 0.840. The lowest BCUT2D eigenvalue weighted by atomic mass is 10.1. The molecule has 0 saturated heterocycles. The molecule has 1 aromatic heterocycles. The van der Waals surface area contributed by atoms with Crippen LogP contribution in [0.4, 0.5) is 0 Å². The highest BCUT2D eigenvalue weighted by molar-refractivity contribution is 5.67. The first kappa shape index (κ1) is 11.5. The van der Waals surface area contributed by atoms with Crippen molar-refractivity contribution < 1.29 is 5.11 Å². The van der Waals surface area contributed by atoms with E-state index >= 15 is 0 Å². The van der Waals surface area contributed by atoms with Gasteiger partial charge in [-0.05, 0) is 18.9 Å². The molecule has 2 rings (SSSR count). The minimum Gasteiger partial charge on any atom is -0.493 e. The number of aromatic amines is 1. The Morgan fingerprint density at radius 3 is 2.59 bits per heavy atom. The van der Waals surface area contributed by atoms with E-state index in [0.717, 1.165) is 12.0 Å². The Kier molecular flexibility index (Phi) is 3.04. The monoisotopic (exact) mass is 232 g/mol. The standard InChI is InChI=1S/C13H16N2O2/c1-3-9(2)15-13(17)11(12(16)14-15)10-7-5-4-6-8-10/h4-9,17H,3H2,1-2H3,(H,14,16). The zero-order chi connectivity index (χ0) is 12.4. The first-order valence-electron chi connectivity index (χ1n) is 5.74. The maximum Gasteiger partial charge on any atom is 0.275 e. The Morgan fingerprint density at radius 2 is 2.00 bits per heavy atom. The van der Waals surface area contributed by atoms with E-state index < -0.39 is 0 Å². The number of hydrogen-bond donors (Lipinski definition) is 2. The molecule has 0 spiro atoms. The van der Waals surface area contributed by atoms with Crippen LogP contribution in [-0.2, 0) is 0 Å². The average Bonchev–Trinajstić information content (AvgIpc) is 2.65. The molecule has 2 N–H and O–H groups in total. The van der Waals surface area contributed by atoms with Crippen LogP contribution >= 0.6 is 0 Å². The smallest absolute Gasteiger partial charge is 0.275 e. The van der Waals surface area contributed by atoms with Crippen LogP contribution in [0.1, 0.15) is 26.3 Å². The van der Waals surface area contributed by atoms with Gasteiger partial charge in [-0.3, -0.25) is 14.6 Å². The van der Waals surface area contributed by atoms with Gasteiger partial charge in [-0.2, -0.15) is 0 Å². The van der Waals surface area contributed by atoms with E-state index in [1.165, 1.54) is 4.68 Å². The van der Waals surface area contributed by atoms with Gasteiger partial charge >= 0.3 is 0 Å². The third-order valence-corrected chi connectivity index (χ3v) is 2.99. The number of H-pyrrole nitrogens is 1. The van der Waals surface area contributed by atoms with Crippen LogP contribution in [0.5, 0.6) is 5.88 Å². The lowest BCUT2D eigenvalue weighted by molar-refractivity contribution is 0.362. The number of benzene rings is 1. The van der Waals surface area contributed by atoms with E-state index in [1.807, 2.05) is 44.2 Å². The van der Waals surface area contributed by atoms with Gasteiger partial charge in [0.1, 0.15) is 5.56 Å². The molecule has 0 amide bonds. The Morgan fingerprint density at radius 1 is 1.35 bits per heavy atom. The van der Waals surface area contributed by atoms with Gasteiger partial charge < -0.3 is 5.11 Å². The molecular formula is C13H16N2O2. The predicted octanol–water partition coefficient (Wildman–Crippen LogP) is 2.52. The highest BCUT2D eigenvalue weighted by Crippen LogP contribution is 2.27. The van der Waals surface area contributed by atoms with Crippen molar-refractivity contribution in [2.24, 2.45) is 0 Å². The van der Waals surface area contributed by atoms with Crippen molar-refractivity contribution in [3.05, 3.63) is 40.7 Å². The van der Waals surface area contributed by atoms with Crippen LogP contribution in [-0.4, -0.2) is 14.9 Å². The zero-order valence-corrected chi connectivity index (χ0v) is 9.97. The van der Waals surface area contributed by atoms with Crippen molar-refractivity contribution >= 4 is 0 Å². The van der Waals surface area contributed by atoms with Gasteiger partial charge in [-0.1, -0.05) is 37.3 Å². The molecule has 1 unspecified atom stereocenters. The number of nitrogens with zero attached hydrogens (tertiary/aromatic N) is 1. The fourth-order valence-corrected chi connectivity index (χ4v) is 1.81. The van der Waals surface area contributed by atoms with Crippen molar-refractivity contribution in [2.45, 2.75) is 26.3 Å². The summed E-state index contributed by atoms with van der Waals surface area (Å²) in [6, 6.07) is 9.25. The lowest BCUT2D eigenvalue weighted by Gasteiger charge is -2.11. The molecule has 2 aromatic rings. The molecule has 0 fully saturated rings. The zero-order valence-electron chi connectivity index (χ0n) is 9.97. The van der Waals surface area contributed by atoms with E-state index in [4.69, 9.17) is 0 Å². The van der Waals surface area contributed by atoms with Gasteiger partial charge in [0.15, 0.2) is 0 Å². The molecule has 1 atom stereocenters. The molecule has 1 heterocycles. The number of aromatic nitrogens is 2. The second-order valence-corrected chi connectivity index (χ2v) is 4.13. The van der Waals surface area contributed by atoms with Gasteiger partial charge in [0.05, 0.1) is 6.04 Å². The lowest BCUT2D eigenvalue weighted by Crippen LogP contribution is -2.09. The first-order valence-corrected chi connectivity index (χ1v) is 5.74. The normalized spacial score (nSPS) is 12.6. The van der Waals surface area contributed by atoms with Crippen LogP contribution in [0.3, 0.4) is 0 Å². The molecule has 0 aliphatic carbocycles. The second kappa shape index (κ2) is 4.49. The third-order valence-electron chi connectivity index (χ3n) is 2.99. The Bertz CT molecular complexity index is 555. The maximum atomic E-state index is 11.8. The van der Waals surface area contributed by atoms with Crippen LogP contribution in [0.25, 0.3) is 11.1 Å². The van der Waals surface area contributed by atoms with Crippen LogP contribution < -0.4 is 5.56 Å². The maximum absolute atomic E-state index is 11.8. The molecule has 90 valence electrons. The van der Waals surface area contributed by atoms with Crippen molar-refractivity contribution in [2.75, 3.05) is 0 Å². The summed E-state index contributed by atoms with van der Waals surface area (Å²) < 4.78 is 1.52. The fraction of sp³-hybridized carbons (Fsp3) is 0.308. The minimum absolute atomic E-state index is 0.00977. The molecule has 4 nitrogen and oxygen atoms in total. The summed E-state index contributed by atoms with van der Waals surface area (Å²) in [5.74, 6) is 0.00977. The summed E-state index contributed by atoms with van der Waals surface area (Å²) in [7, 11) is 0. The molecular weight excluding hydrogens is 216 g/mol. The van der Waals surface area contributed by atoms with E-state index in [-0.39, 0.29) is 17.5 Å². The van der Waals surface area contributed by atoms with Gasteiger partial charge in [-0.25, -0.2) is 0 Å². The number of hydrogen-bond acceptors (Lipinski definition) is 2. The third kappa shape index (κ3) is 1.98. The van der Waals surface area contributed by atoms with Gasteiger partial charge in [0.2, 0.25) is 5.88 Å². The fourth-order valence-electron chi connectivity index (χ4n) is 1.81. The molecule has 0 radical (unpaired) electrons. The van der Waals surface area contributed by atoms with Crippen LogP contribution in [0.2, 0.25) is 0 Å². The summed E-state index contributed by atoms with van der Waals surface area (Å²) >= 11 is 0. The van der Waals surface area contributed by atoms with E-state index in [2.05, 4.69) is 5.10 Å². The van der Waals surface area contributed by atoms with E-state index in [0.29, 0.717) is 5.56 Å². The molecule has 4 heteroatoms. The summed E-state index contributed by atoms with van der Waals surface area (Å²) in [5, 5.41) is 12.8. The molecule has 0 aliphatic rings. The number of rotatable bonds is 3. The van der Waals surface area contributed by atoms with Crippen LogP contribution in [0.15, 0.2) is 35.1 Å². The highest BCUT2D eigenvalue weighted by atomic mass is 16.3. The minimum atomic E-state index is -0.256. The van der Waals surface area contributed by atoms with Crippen LogP contribution in [0, 0.1) is 0 Å². The van der Waals surface area contributed by atoms with Gasteiger partial charge in [0.25, 0.3) is 5.56 Å². The molecule has 1 aromatic carbocycles. The van der Waals surface area contributed by atoms with Gasteiger partial charge in [0, 0.05) is 0 Å². The number of nitrogens with one attached hydrogen (secondary N) is 1. The Hall–Kier alpha value is -1.97. The summed E-state index contributed by atoms with van der Waals surface area (Å²) in [4.78, 5) is 11.8. The van der Waals surface area contributed by atoms with Crippen molar-refractivity contribution in [3.63, 3.8) is 0 Å². The Labute approximate surface area is 99.5 Å². The van der Waals surface area contributed by atoms with Crippen molar-refractivity contribution in [1.29, 1.82) is 0 Å². The molecule has 0 aliphatic heterocycles.